The summed E-state index contributed by atoms with van der Waals surface area (Å²) in [5, 5.41) is 2.51. The van der Waals surface area contributed by atoms with Crippen molar-refractivity contribution in [2.75, 3.05) is 32.2 Å². The van der Waals surface area contributed by atoms with E-state index in [0.717, 1.165) is 18.5 Å². The minimum atomic E-state index is -0.547. The Morgan fingerprint density at radius 2 is 1.74 bits per heavy atom. The van der Waals surface area contributed by atoms with Gasteiger partial charge in [0.15, 0.2) is 0 Å². The van der Waals surface area contributed by atoms with E-state index in [1.807, 2.05) is 38.4 Å². The fourth-order valence-electron chi connectivity index (χ4n) is 4.14. The van der Waals surface area contributed by atoms with E-state index in [0.29, 0.717) is 28.0 Å². The number of amides is 2. The maximum atomic E-state index is 13.6. The van der Waals surface area contributed by atoms with Crippen LogP contribution in [0.3, 0.4) is 0 Å². The van der Waals surface area contributed by atoms with Crippen molar-refractivity contribution in [1.82, 2.24) is 15.2 Å². The Morgan fingerprint density at radius 3 is 2.42 bits per heavy atom. The molecule has 0 aromatic heterocycles. The largest absolute Gasteiger partial charge is 0.331 e. The smallest absolute Gasteiger partial charge is 0.257 e. The summed E-state index contributed by atoms with van der Waals surface area (Å²) in [6, 6.07) is 14.1. The number of hydrazine groups is 1. The standard InChI is InChI=1S/C23H24Cl2N4O2/c1-27(2)12-5-13-28-20(30)14-18-21(22(28)15-8-10-16(24)11-9-15)23(31)29(26-18)19-7-4-3-6-17(19)25/h3-4,6-11,14,21-22,26H,5,12-13H2,1-2H3. The molecule has 8 heteroatoms. The first-order valence-electron chi connectivity index (χ1n) is 10.1. The second kappa shape index (κ2) is 8.91. The molecule has 2 aliphatic rings. The van der Waals surface area contributed by atoms with Crippen LogP contribution < -0.4 is 10.4 Å². The number of halogens is 2. The number of anilines is 1. The molecule has 31 heavy (non-hydrogen) atoms. The van der Waals surface area contributed by atoms with Gasteiger partial charge in [-0.2, -0.15) is 0 Å². The van der Waals surface area contributed by atoms with E-state index in [4.69, 9.17) is 23.2 Å². The molecule has 0 radical (unpaired) electrons. The Hall–Kier alpha value is -2.54. The molecular formula is C23H24Cl2N4O2. The molecule has 0 bridgehead atoms. The van der Waals surface area contributed by atoms with Crippen LogP contribution in [-0.4, -0.2) is 48.8 Å². The lowest BCUT2D eigenvalue weighted by molar-refractivity contribution is -0.133. The summed E-state index contributed by atoms with van der Waals surface area (Å²) < 4.78 is 0. The second-order valence-electron chi connectivity index (χ2n) is 8.00. The first-order valence-corrected chi connectivity index (χ1v) is 10.9. The van der Waals surface area contributed by atoms with Gasteiger partial charge in [-0.15, -0.1) is 0 Å². The highest BCUT2D eigenvalue weighted by molar-refractivity contribution is 6.34. The van der Waals surface area contributed by atoms with Gasteiger partial charge in [-0.1, -0.05) is 47.5 Å². The zero-order valence-corrected chi connectivity index (χ0v) is 18.9. The summed E-state index contributed by atoms with van der Waals surface area (Å²) >= 11 is 12.4. The van der Waals surface area contributed by atoms with E-state index in [1.165, 1.54) is 11.1 Å². The highest BCUT2D eigenvalue weighted by Gasteiger charge is 2.49. The topological polar surface area (TPSA) is 55.9 Å². The summed E-state index contributed by atoms with van der Waals surface area (Å²) in [5.41, 5.74) is 5.13. The van der Waals surface area contributed by atoms with Crippen molar-refractivity contribution >= 4 is 40.7 Å². The number of fused-ring (bicyclic) bond motifs is 1. The van der Waals surface area contributed by atoms with Crippen molar-refractivity contribution in [2.45, 2.75) is 12.5 Å². The average molecular weight is 459 g/mol. The quantitative estimate of drug-likeness (QED) is 0.713. The molecule has 4 rings (SSSR count). The van der Waals surface area contributed by atoms with Crippen LogP contribution in [0.2, 0.25) is 10.0 Å². The fraction of sp³-hybridized carbons (Fsp3) is 0.304. The average Bonchev–Trinajstić information content (AvgIpc) is 3.05. The van der Waals surface area contributed by atoms with Crippen LogP contribution in [0.15, 0.2) is 60.3 Å². The molecule has 1 fully saturated rings. The maximum Gasteiger partial charge on any atom is 0.257 e. The van der Waals surface area contributed by atoms with Crippen LogP contribution in [0.5, 0.6) is 0 Å². The SMILES string of the molecule is CN(C)CCCN1C(=O)C=C2NN(c3ccccc3Cl)C(=O)C2C1c1ccc(Cl)cc1. The number of carbonyl (C=O) groups is 2. The van der Waals surface area contributed by atoms with E-state index < -0.39 is 12.0 Å². The van der Waals surface area contributed by atoms with Gasteiger partial charge in [-0.05, 0) is 56.9 Å². The predicted molar refractivity (Wildman–Crippen MR) is 123 cm³/mol. The van der Waals surface area contributed by atoms with Crippen molar-refractivity contribution in [3.63, 3.8) is 0 Å². The van der Waals surface area contributed by atoms with Gasteiger partial charge in [0.05, 0.1) is 22.4 Å². The number of benzene rings is 2. The van der Waals surface area contributed by atoms with Gasteiger partial charge in [0.1, 0.15) is 5.92 Å². The summed E-state index contributed by atoms with van der Waals surface area (Å²) in [6.45, 7) is 1.39. The van der Waals surface area contributed by atoms with E-state index in [1.54, 1.807) is 29.2 Å². The van der Waals surface area contributed by atoms with E-state index >= 15 is 0 Å². The van der Waals surface area contributed by atoms with E-state index in [-0.39, 0.29) is 11.8 Å². The molecule has 2 amide bonds. The third-order valence-corrected chi connectivity index (χ3v) is 6.16. The van der Waals surface area contributed by atoms with Crippen molar-refractivity contribution in [1.29, 1.82) is 0 Å². The Bertz CT molecular complexity index is 1020. The van der Waals surface area contributed by atoms with Crippen molar-refractivity contribution in [3.8, 4) is 0 Å². The third kappa shape index (κ3) is 4.28. The van der Waals surface area contributed by atoms with Crippen LogP contribution in [0.4, 0.5) is 5.69 Å². The summed E-state index contributed by atoms with van der Waals surface area (Å²) in [6.07, 6.45) is 2.33. The lowest BCUT2D eigenvalue weighted by atomic mass is 9.86. The van der Waals surface area contributed by atoms with Gasteiger partial charge in [0, 0.05) is 17.6 Å². The van der Waals surface area contributed by atoms with Gasteiger partial charge in [-0.25, -0.2) is 5.01 Å². The Morgan fingerprint density at radius 1 is 1.03 bits per heavy atom. The number of rotatable bonds is 6. The number of nitrogens with one attached hydrogen (secondary N) is 1. The van der Waals surface area contributed by atoms with Crippen molar-refractivity contribution < 1.29 is 9.59 Å². The lowest BCUT2D eigenvalue weighted by Crippen LogP contribution is -2.44. The highest BCUT2D eigenvalue weighted by Crippen LogP contribution is 2.42. The number of hydrogen-bond donors (Lipinski definition) is 1. The molecule has 2 aliphatic heterocycles. The van der Waals surface area contributed by atoms with Crippen molar-refractivity contribution in [2.24, 2.45) is 5.92 Å². The number of hydrogen-bond acceptors (Lipinski definition) is 4. The van der Waals surface area contributed by atoms with Crippen LogP contribution >= 0.6 is 23.2 Å². The molecule has 6 nitrogen and oxygen atoms in total. The number of carbonyl (C=O) groups excluding carboxylic acids is 2. The second-order valence-corrected chi connectivity index (χ2v) is 8.84. The molecule has 0 aliphatic carbocycles. The highest BCUT2D eigenvalue weighted by atomic mass is 35.5. The molecule has 2 aromatic rings. The number of para-hydroxylation sites is 1. The van der Waals surface area contributed by atoms with Crippen LogP contribution in [-0.2, 0) is 9.59 Å². The van der Waals surface area contributed by atoms with Gasteiger partial charge < -0.3 is 9.80 Å². The first kappa shape index (κ1) is 21.7. The van der Waals surface area contributed by atoms with E-state index in [9.17, 15) is 9.59 Å². The summed E-state index contributed by atoms with van der Waals surface area (Å²) in [7, 11) is 4.00. The lowest BCUT2D eigenvalue weighted by Gasteiger charge is -2.37. The zero-order valence-electron chi connectivity index (χ0n) is 17.4. The molecular weight excluding hydrogens is 435 g/mol. The fourth-order valence-corrected chi connectivity index (χ4v) is 4.48. The first-order chi connectivity index (χ1) is 14.9. The minimum Gasteiger partial charge on any atom is -0.331 e. The molecule has 2 atom stereocenters. The van der Waals surface area contributed by atoms with Gasteiger partial charge in [0.25, 0.3) is 5.91 Å². The molecule has 2 aromatic carbocycles. The monoisotopic (exact) mass is 458 g/mol. The van der Waals surface area contributed by atoms with E-state index in [2.05, 4.69) is 10.3 Å². The minimum absolute atomic E-state index is 0.119. The third-order valence-electron chi connectivity index (χ3n) is 5.59. The van der Waals surface area contributed by atoms with Gasteiger partial charge in [-0.3, -0.25) is 15.0 Å². The van der Waals surface area contributed by atoms with Gasteiger partial charge >= 0.3 is 0 Å². The molecule has 2 heterocycles. The number of nitrogens with zero attached hydrogens (tertiary/aromatic N) is 3. The van der Waals surface area contributed by atoms with Crippen LogP contribution in [0, 0.1) is 5.92 Å². The van der Waals surface area contributed by atoms with Crippen LogP contribution in [0.1, 0.15) is 18.0 Å². The predicted octanol–water partition coefficient (Wildman–Crippen LogP) is 3.88. The Kier molecular flexibility index (Phi) is 6.23. The molecule has 2 unspecified atom stereocenters. The maximum absolute atomic E-state index is 13.6. The normalized spacial score (nSPS) is 20.7. The van der Waals surface area contributed by atoms with Crippen molar-refractivity contribution in [3.05, 3.63) is 75.9 Å². The molecule has 1 saturated heterocycles. The molecule has 1 N–H and O–H groups in total. The Balaban J connectivity index is 1.72. The molecule has 162 valence electrons. The van der Waals surface area contributed by atoms with Gasteiger partial charge in [0.2, 0.25) is 5.91 Å². The van der Waals surface area contributed by atoms with Crippen LogP contribution in [0.25, 0.3) is 0 Å². The Labute approximate surface area is 192 Å². The summed E-state index contributed by atoms with van der Waals surface area (Å²) in [4.78, 5) is 30.5. The summed E-state index contributed by atoms with van der Waals surface area (Å²) in [5.74, 6) is -0.815. The molecule has 0 spiro atoms. The molecule has 0 saturated carbocycles. The zero-order chi connectivity index (χ0) is 22.1.